The first kappa shape index (κ1) is 12.9. The molecule has 0 fully saturated rings. The number of aliphatic hydroxyl groups is 1. The number of amides is 1. The van der Waals surface area contributed by atoms with E-state index in [0.717, 1.165) is 5.56 Å². The molecule has 0 saturated heterocycles. The first-order valence-corrected chi connectivity index (χ1v) is 5.52. The fraction of sp³-hybridized carbons (Fsp3) is 0.417. The summed E-state index contributed by atoms with van der Waals surface area (Å²) in [4.78, 5) is 11.5. The van der Waals surface area contributed by atoms with E-state index in [-0.39, 0.29) is 11.5 Å². The number of hydrogen-bond acceptors (Lipinski definition) is 2. The summed E-state index contributed by atoms with van der Waals surface area (Å²) < 4.78 is 36.5. The van der Waals surface area contributed by atoms with E-state index in [2.05, 4.69) is 5.32 Å². The highest BCUT2D eigenvalue weighted by molar-refractivity contribution is 5.96. The third-order valence-electron chi connectivity index (χ3n) is 2.87. The van der Waals surface area contributed by atoms with E-state index in [1.54, 1.807) is 6.07 Å². The van der Waals surface area contributed by atoms with Crippen LogP contribution in [-0.4, -0.2) is 23.7 Å². The lowest BCUT2D eigenvalue weighted by atomic mass is 9.95. The SMILES string of the molecule is O=C1NCCc2ccc(C(O)CC(F)(F)F)cc21. The lowest BCUT2D eigenvalue weighted by Crippen LogP contribution is -2.32. The molecule has 1 unspecified atom stereocenters. The first-order chi connectivity index (χ1) is 8.37. The second kappa shape index (κ2) is 4.61. The Bertz CT molecular complexity index is 471. The van der Waals surface area contributed by atoms with Crippen LogP contribution in [0.25, 0.3) is 0 Å². The molecule has 1 aromatic rings. The number of halogens is 3. The summed E-state index contributed by atoms with van der Waals surface area (Å²) in [6.45, 7) is 0.524. The van der Waals surface area contributed by atoms with Gasteiger partial charge >= 0.3 is 6.18 Å². The standard InChI is InChI=1S/C12H12F3NO2/c13-12(14,15)6-10(17)8-2-1-7-3-4-16-11(18)9(7)5-8/h1-2,5,10,17H,3-4,6H2,(H,16,18). The quantitative estimate of drug-likeness (QED) is 0.853. The minimum absolute atomic E-state index is 0.114. The van der Waals surface area contributed by atoms with Crippen LogP contribution >= 0.6 is 0 Å². The van der Waals surface area contributed by atoms with Crippen molar-refractivity contribution in [2.75, 3.05) is 6.54 Å². The van der Waals surface area contributed by atoms with Crippen molar-refractivity contribution < 1.29 is 23.1 Å². The van der Waals surface area contributed by atoms with E-state index in [1.807, 2.05) is 0 Å². The van der Waals surface area contributed by atoms with Crippen LogP contribution in [0.1, 0.15) is 34.0 Å². The summed E-state index contributed by atoms with van der Waals surface area (Å²) in [5.41, 5.74) is 1.25. The van der Waals surface area contributed by atoms with E-state index in [1.165, 1.54) is 12.1 Å². The van der Waals surface area contributed by atoms with Crippen LogP contribution in [0.3, 0.4) is 0 Å². The van der Waals surface area contributed by atoms with Gasteiger partial charge in [0.25, 0.3) is 5.91 Å². The van der Waals surface area contributed by atoms with Crippen molar-refractivity contribution in [3.05, 3.63) is 34.9 Å². The van der Waals surface area contributed by atoms with E-state index in [4.69, 9.17) is 0 Å². The lowest BCUT2D eigenvalue weighted by molar-refractivity contribution is -0.154. The van der Waals surface area contributed by atoms with Gasteiger partial charge in [-0.3, -0.25) is 4.79 Å². The highest BCUT2D eigenvalue weighted by atomic mass is 19.4. The number of hydrogen-bond donors (Lipinski definition) is 2. The highest BCUT2D eigenvalue weighted by Gasteiger charge is 2.32. The molecule has 18 heavy (non-hydrogen) atoms. The van der Waals surface area contributed by atoms with Crippen LogP contribution < -0.4 is 5.32 Å². The van der Waals surface area contributed by atoms with Crippen LogP contribution in [0, 0.1) is 0 Å². The van der Waals surface area contributed by atoms with Crippen molar-refractivity contribution in [1.29, 1.82) is 0 Å². The maximum Gasteiger partial charge on any atom is 0.391 e. The zero-order chi connectivity index (χ0) is 13.3. The smallest absolute Gasteiger partial charge is 0.388 e. The number of benzene rings is 1. The molecular weight excluding hydrogens is 247 g/mol. The molecule has 0 saturated carbocycles. The topological polar surface area (TPSA) is 49.3 Å². The van der Waals surface area contributed by atoms with Crippen LogP contribution in [0.4, 0.5) is 13.2 Å². The van der Waals surface area contributed by atoms with Crippen LogP contribution in [0.5, 0.6) is 0 Å². The number of carbonyl (C=O) groups is 1. The van der Waals surface area contributed by atoms with Crippen molar-refractivity contribution in [2.24, 2.45) is 0 Å². The Morgan fingerprint density at radius 2 is 2.11 bits per heavy atom. The summed E-state index contributed by atoms with van der Waals surface area (Å²) in [6, 6.07) is 4.37. The molecule has 0 aromatic heterocycles. The number of nitrogens with one attached hydrogen (secondary N) is 1. The summed E-state index contributed by atoms with van der Waals surface area (Å²) in [7, 11) is 0. The van der Waals surface area contributed by atoms with Gasteiger partial charge in [-0.15, -0.1) is 0 Å². The molecule has 1 heterocycles. The van der Waals surface area contributed by atoms with Crippen LogP contribution in [0.2, 0.25) is 0 Å². The summed E-state index contributed by atoms with van der Waals surface area (Å²) in [5, 5.41) is 12.1. The Labute approximate surface area is 102 Å². The average Bonchev–Trinajstić information content (AvgIpc) is 2.27. The van der Waals surface area contributed by atoms with Gasteiger partial charge in [-0.25, -0.2) is 0 Å². The number of rotatable bonds is 2. The first-order valence-electron chi connectivity index (χ1n) is 5.52. The number of aliphatic hydroxyl groups excluding tert-OH is 1. The third-order valence-corrected chi connectivity index (χ3v) is 2.87. The summed E-state index contributed by atoms with van der Waals surface area (Å²) in [5.74, 6) is -0.308. The molecule has 1 aliphatic rings. The molecule has 0 spiro atoms. The minimum Gasteiger partial charge on any atom is -0.388 e. The minimum atomic E-state index is -4.43. The molecule has 1 atom stereocenters. The van der Waals surface area contributed by atoms with E-state index in [9.17, 15) is 23.1 Å². The Hall–Kier alpha value is -1.56. The number of alkyl halides is 3. The molecule has 2 rings (SSSR count). The zero-order valence-electron chi connectivity index (χ0n) is 9.42. The third kappa shape index (κ3) is 2.81. The molecule has 6 heteroatoms. The van der Waals surface area contributed by atoms with Crippen molar-refractivity contribution in [3.8, 4) is 0 Å². The van der Waals surface area contributed by atoms with Crippen LogP contribution in [-0.2, 0) is 6.42 Å². The molecule has 1 aromatic carbocycles. The second-order valence-corrected chi connectivity index (χ2v) is 4.26. The lowest BCUT2D eigenvalue weighted by Gasteiger charge is -2.19. The number of fused-ring (bicyclic) bond motifs is 1. The van der Waals surface area contributed by atoms with E-state index < -0.39 is 18.7 Å². The summed E-state index contributed by atoms with van der Waals surface area (Å²) >= 11 is 0. The second-order valence-electron chi connectivity index (χ2n) is 4.26. The van der Waals surface area contributed by atoms with Crippen molar-refractivity contribution in [3.63, 3.8) is 0 Å². The number of carbonyl (C=O) groups excluding carboxylic acids is 1. The Balaban J connectivity index is 2.25. The summed E-state index contributed by atoms with van der Waals surface area (Å²) in [6.07, 6.45) is -6.73. The van der Waals surface area contributed by atoms with Gasteiger partial charge in [-0.2, -0.15) is 13.2 Å². The molecule has 1 aliphatic heterocycles. The monoisotopic (exact) mass is 259 g/mol. The molecule has 98 valence electrons. The van der Waals surface area contributed by atoms with Gasteiger partial charge in [0.1, 0.15) is 0 Å². The molecule has 0 radical (unpaired) electrons. The Morgan fingerprint density at radius 3 is 2.78 bits per heavy atom. The van der Waals surface area contributed by atoms with Gasteiger partial charge in [-0.05, 0) is 23.6 Å². The largest absolute Gasteiger partial charge is 0.391 e. The molecular formula is C12H12F3NO2. The maximum absolute atomic E-state index is 12.2. The van der Waals surface area contributed by atoms with E-state index in [0.29, 0.717) is 18.5 Å². The van der Waals surface area contributed by atoms with Gasteiger partial charge in [0.05, 0.1) is 12.5 Å². The molecule has 2 N–H and O–H groups in total. The molecule has 0 bridgehead atoms. The van der Waals surface area contributed by atoms with Crippen molar-refractivity contribution in [2.45, 2.75) is 25.1 Å². The maximum atomic E-state index is 12.2. The predicted molar refractivity (Wildman–Crippen MR) is 58.1 cm³/mol. The molecule has 1 amide bonds. The van der Waals surface area contributed by atoms with Gasteiger partial charge in [0.2, 0.25) is 0 Å². The van der Waals surface area contributed by atoms with Gasteiger partial charge in [0, 0.05) is 12.1 Å². The Kier molecular flexibility index (Phi) is 3.30. The highest BCUT2D eigenvalue weighted by Crippen LogP contribution is 2.30. The van der Waals surface area contributed by atoms with Gasteiger partial charge in [0.15, 0.2) is 0 Å². The van der Waals surface area contributed by atoms with Gasteiger partial charge in [-0.1, -0.05) is 12.1 Å². The van der Waals surface area contributed by atoms with Crippen LogP contribution in [0.15, 0.2) is 18.2 Å². The normalized spacial score (nSPS) is 17.0. The van der Waals surface area contributed by atoms with Gasteiger partial charge < -0.3 is 10.4 Å². The Morgan fingerprint density at radius 1 is 1.39 bits per heavy atom. The zero-order valence-corrected chi connectivity index (χ0v) is 9.42. The molecule has 3 nitrogen and oxygen atoms in total. The average molecular weight is 259 g/mol. The predicted octanol–water partition coefficient (Wildman–Crippen LogP) is 1.96. The van der Waals surface area contributed by atoms with E-state index >= 15 is 0 Å². The van der Waals surface area contributed by atoms with Crippen molar-refractivity contribution >= 4 is 5.91 Å². The fourth-order valence-electron chi connectivity index (χ4n) is 1.97. The van der Waals surface area contributed by atoms with Crippen molar-refractivity contribution in [1.82, 2.24) is 5.32 Å². The molecule has 0 aliphatic carbocycles. The fourth-order valence-corrected chi connectivity index (χ4v) is 1.97.